The van der Waals surface area contributed by atoms with E-state index in [2.05, 4.69) is 10.0 Å². The fraction of sp³-hybridized carbons (Fsp3) is 0.467. The first-order valence-corrected chi connectivity index (χ1v) is 8.62. The number of rotatable bonds is 6. The van der Waals surface area contributed by atoms with Crippen LogP contribution in [0.1, 0.15) is 44.5 Å². The van der Waals surface area contributed by atoms with E-state index in [0.29, 0.717) is 0 Å². The molecule has 1 rings (SSSR count). The van der Waals surface area contributed by atoms with Gasteiger partial charge in [0.15, 0.2) is 0 Å². The first-order valence-electron chi connectivity index (χ1n) is 7.14. The average Bonchev–Trinajstić information content (AvgIpc) is 2.41. The predicted octanol–water partition coefficient (Wildman–Crippen LogP) is 1.36. The second-order valence-electron chi connectivity index (χ2n) is 6.15. The molecule has 1 atom stereocenters. The van der Waals surface area contributed by atoms with Crippen LogP contribution < -0.4 is 10.0 Å². The van der Waals surface area contributed by atoms with Crippen molar-refractivity contribution in [1.29, 1.82) is 0 Å². The Morgan fingerprint density at radius 3 is 2.09 bits per heavy atom. The van der Waals surface area contributed by atoms with E-state index in [-0.39, 0.29) is 16.9 Å². The SMILES string of the molecule is CCC(NC(=O)c1ccc(S(=O)(=O)NC(C)(C)C)cc1)C(=O)O. The first kappa shape index (κ1) is 19.1. The number of carboxylic acids is 1. The Kier molecular flexibility index (Phi) is 5.90. The van der Waals surface area contributed by atoms with Gasteiger partial charge in [0, 0.05) is 11.1 Å². The van der Waals surface area contributed by atoms with E-state index in [1.54, 1.807) is 27.7 Å². The molecule has 0 bridgehead atoms. The van der Waals surface area contributed by atoms with Crippen LogP contribution in [0.15, 0.2) is 29.2 Å². The molecule has 3 N–H and O–H groups in total. The zero-order chi connectivity index (χ0) is 17.8. The van der Waals surface area contributed by atoms with Gasteiger partial charge in [-0.05, 0) is 51.5 Å². The Labute approximate surface area is 136 Å². The van der Waals surface area contributed by atoms with Crippen LogP contribution >= 0.6 is 0 Å². The number of hydrogen-bond acceptors (Lipinski definition) is 4. The lowest BCUT2D eigenvalue weighted by Gasteiger charge is -2.20. The number of aliphatic carboxylic acids is 1. The quantitative estimate of drug-likeness (QED) is 0.722. The molecule has 0 aliphatic carbocycles. The van der Waals surface area contributed by atoms with Crippen LogP contribution in [-0.2, 0) is 14.8 Å². The molecule has 1 aromatic carbocycles. The van der Waals surface area contributed by atoms with Crippen LogP contribution in [0.5, 0.6) is 0 Å². The molecule has 0 radical (unpaired) electrons. The summed E-state index contributed by atoms with van der Waals surface area (Å²) < 4.78 is 26.8. The fourth-order valence-electron chi connectivity index (χ4n) is 1.83. The average molecular weight is 342 g/mol. The number of carbonyl (C=O) groups excluding carboxylic acids is 1. The minimum Gasteiger partial charge on any atom is -0.480 e. The number of nitrogens with one attached hydrogen (secondary N) is 2. The Bertz CT molecular complexity index is 675. The van der Waals surface area contributed by atoms with Crippen molar-refractivity contribution in [1.82, 2.24) is 10.0 Å². The van der Waals surface area contributed by atoms with Gasteiger partial charge in [-0.3, -0.25) is 4.79 Å². The minimum atomic E-state index is -3.68. The Morgan fingerprint density at radius 2 is 1.70 bits per heavy atom. The molecule has 1 amide bonds. The minimum absolute atomic E-state index is 0.0363. The summed E-state index contributed by atoms with van der Waals surface area (Å²) in [5.41, 5.74) is -0.426. The monoisotopic (exact) mass is 342 g/mol. The van der Waals surface area contributed by atoms with Crippen molar-refractivity contribution in [3.63, 3.8) is 0 Å². The molecule has 0 heterocycles. The zero-order valence-corrected chi connectivity index (χ0v) is 14.4. The maximum Gasteiger partial charge on any atom is 0.326 e. The number of sulfonamides is 1. The second-order valence-corrected chi connectivity index (χ2v) is 7.83. The summed E-state index contributed by atoms with van der Waals surface area (Å²) in [6, 6.07) is 4.34. The van der Waals surface area contributed by atoms with Gasteiger partial charge in [0.2, 0.25) is 10.0 Å². The summed E-state index contributed by atoms with van der Waals surface area (Å²) in [4.78, 5) is 22.9. The molecule has 0 aromatic heterocycles. The van der Waals surface area contributed by atoms with E-state index in [9.17, 15) is 18.0 Å². The van der Waals surface area contributed by atoms with Gasteiger partial charge in [-0.15, -0.1) is 0 Å². The molecule has 8 heteroatoms. The van der Waals surface area contributed by atoms with Crippen molar-refractivity contribution in [2.24, 2.45) is 0 Å². The molecule has 7 nitrogen and oxygen atoms in total. The number of carboxylic acid groups (broad SMARTS) is 1. The van der Waals surface area contributed by atoms with Crippen molar-refractivity contribution >= 4 is 21.9 Å². The van der Waals surface area contributed by atoms with Gasteiger partial charge in [-0.1, -0.05) is 6.92 Å². The normalized spacial score (nSPS) is 13.4. The van der Waals surface area contributed by atoms with Crippen LogP contribution in [0, 0.1) is 0 Å². The van der Waals surface area contributed by atoms with Gasteiger partial charge >= 0.3 is 5.97 Å². The molecule has 1 aromatic rings. The van der Waals surface area contributed by atoms with Gasteiger partial charge in [-0.2, -0.15) is 0 Å². The number of amides is 1. The molecule has 0 saturated heterocycles. The largest absolute Gasteiger partial charge is 0.480 e. The number of benzene rings is 1. The Morgan fingerprint density at radius 1 is 1.17 bits per heavy atom. The number of hydrogen-bond donors (Lipinski definition) is 3. The van der Waals surface area contributed by atoms with Gasteiger partial charge in [0.05, 0.1) is 4.90 Å². The highest BCUT2D eigenvalue weighted by molar-refractivity contribution is 7.89. The fourth-order valence-corrected chi connectivity index (χ4v) is 3.25. The third-order valence-corrected chi connectivity index (χ3v) is 4.65. The van der Waals surface area contributed by atoms with Crippen LogP contribution in [0.4, 0.5) is 0 Å². The van der Waals surface area contributed by atoms with Gasteiger partial charge in [-0.25, -0.2) is 17.9 Å². The zero-order valence-electron chi connectivity index (χ0n) is 13.6. The van der Waals surface area contributed by atoms with Gasteiger partial charge < -0.3 is 10.4 Å². The molecule has 0 aliphatic heterocycles. The molecule has 0 fully saturated rings. The van der Waals surface area contributed by atoms with E-state index in [0.717, 1.165) is 0 Å². The predicted molar refractivity (Wildman–Crippen MR) is 85.7 cm³/mol. The van der Waals surface area contributed by atoms with E-state index >= 15 is 0 Å². The lowest BCUT2D eigenvalue weighted by Crippen LogP contribution is -2.41. The van der Waals surface area contributed by atoms with Crippen molar-refractivity contribution in [3.05, 3.63) is 29.8 Å². The van der Waals surface area contributed by atoms with Crippen molar-refractivity contribution < 1.29 is 23.1 Å². The molecule has 128 valence electrons. The summed E-state index contributed by atoms with van der Waals surface area (Å²) in [7, 11) is -3.68. The molecule has 0 saturated carbocycles. The summed E-state index contributed by atoms with van der Waals surface area (Å²) in [5.74, 6) is -1.68. The number of carbonyl (C=O) groups is 2. The lowest BCUT2D eigenvalue weighted by atomic mass is 10.1. The lowest BCUT2D eigenvalue weighted by molar-refractivity contribution is -0.139. The molecule has 0 aliphatic rings. The molecule has 0 spiro atoms. The Hall–Kier alpha value is -1.93. The van der Waals surface area contributed by atoms with E-state index in [1.165, 1.54) is 24.3 Å². The van der Waals surface area contributed by atoms with Crippen LogP contribution in [0.2, 0.25) is 0 Å². The topological polar surface area (TPSA) is 113 Å². The summed E-state index contributed by atoms with van der Waals surface area (Å²) >= 11 is 0. The van der Waals surface area contributed by atoms with Crippen LogP contribution in [0.3, 0.4) is 0 Å². The third kappa shape index (κ3) is 5.65. The summed E-state index contributed by atoms with van der Waals surface area (Å²) in [6.07, 6.45) is 0.253. The van der Waals surface area contributed by atoms with E-state index < -0.39 is 33.5 Å². The summed E-state index contributed by atoms with van der Waals surface area (Å²) in [5, 5.41) is 11.3. The van der Waals surface area contributed by atoms with E-state index in [4.69, 9.17) is 5.11 Å². The van der Waals surface area contributed by atoms with Gasteiger partial charge in [0.1, 0.15) is 6.04 Å². The highest BCUT2D eigenvalue weighted by Gasteiger charge is 2.23. The third-order valence-electron chi connectivity index (χ3n) is 2.88. The van der Waals surface area contributed by atoms with Crippen molar-refractivity contribution in [2.45, 2.75) is 50.6 Å². The summed E-state index contributed by atoms with van der Waals surface area (Å²) in [6.45, 7) is 6.82. The Balaban J connectivity index is 2.92. The van der Waals surface area contributed by atoms with E-state index in [1.807, 2.05) is 0 Å². The highest BCUT2D eigenvalue weighted by atomic mass is 32.2. The smallest absolute Gasteiger partial charge is 0.326 e. The van der Waals surface area contributed by atoms with Crippen molar-refractivity contribution in [2.75, 3.05) is 0 Å². The van der Waals surface area contributed by atoms with Gasteiger partial charge in [0.25, 0.3) is 5.91 Å². The van der Waals surface area contributed by atoms with Crippen molar-refractivity contribution in [3.8, 4) is 0 Å². The molecular weight excluding hydrogens is 320 g/mol. The molecular formula is C15H22N2O5S. The molecule has 23 heavy (non-hydrogen) atoms. The maximum absolute atomic E-state index is 12.2. The van der Waals surface area contributed by atoms with Crippen LogP contribution in [0.25, 0.3) is 0 Å². The molecule has 1 unspecified atom stereocenters. The highest BCUT2D eigenvalue weighted by Crippen LogP contribution is 2.14. The first-order chi connectivity index (χ1) is 10.5. The maximum atomic E-state index is 12.2. The standard InChI is InChI=1S/C15H22N2O5S/c1-5-12(14(19)20)16-13(18)10-6-8-11(9-7-10)23(21,22)17-15(2,3)4/h6-9,12,17H,5H2,1-4H3,(H,16,18)(H,19,20). The van der Waals surface area contributed by atoms with Crippen LogP contribution in [-0.4, -0.2) is 37.0 Å². The second kappa shape index (κ2) is 7.10.